The van der Waals surface area contributed by atoms with Crippen LogP contribution in [0.25, 0.3) is 0 Å². The summed E-state index contributed by atoms with van der Waals surface area (Å²) >= 11 is 5.67. The minimum Gasteiger partial charge on any atom is -0.443 e. The Kier molecular flexibility index (Phi) is 4.34. The Morgan fingerprint density at radius 1 is 1.44 bits per heavy atom. The third-order valence-electron chi connectivity index (χ3n) is 2.35. The number of hydrogen-bond donors (Lipinski definition) is 1. The maximum absolute atomic E-state index is 13.5. The predicted molar refractivity (Wildman–Crippen MR) is 60.8 cm³/mol. The number of carbonyl (C=O) groups is 1. The molecule has 1 fully saturated rings. The highest BCUT2D eigenvalue weighted by atomic mass is 35.5. The van der Waals surface area contributed by atoms with Crippen molar-refractivity contribution in [3.63, 3.8) is 0 Å². The predicted octanol–water partition coefficient (Wildman–Crippen LogP) is 3.32. The molecule has 0 aromatic heterocycles. The number of hydrogen-bond acceptors (Lipinski definition) is 2. The molecular weight excluding hydrogens is 294 g/mol. The minimum atomic E-state index is -3.30. The molecule has 1 N–H and O–H groups in total. The quantitative estimate of drug-likeness (QED) is 0.864. The van der Waals surface area contributed by atoms with Crippen LogP contribution in [0.4, 0.5) is 18.0 Å². The summed E-state index contributed by atoms with van der Waals surface area (Å²) in [5.41, 5.74) is -0.0466. The largest absolute Gasteiger partial charge is 0.443 e. The average Bonchev–Trinajstić information content (AvgIpc) is 2.23. The van der Waals surface area contributed by atoms with Crippen LogP contribution in [0.5, 0.6) is 0 Å². The zero-order chi connectivity index (χ0) is 12.6. The molecule has 0 saturated carbocycles. The van der Waals surface area contributed by atoms with Crippen LogP contribution in [0.2, 0.25) is 5.02 Å². The summed E-state index contributed by atoms with van der Waals surface area (Å²) in [5, 5.41) is 1.80. The first kappa shape index (κ1) is 14.9. The van der Waals surface area contributed by atoms with Gasteiger partial charge in [0.25, 0.3) is 0 Å². The Labute approximate surface area is 112 Å². The number of alkyl carbamates (subject to hydrolysis) is 1. The Morgan fingerprint density at radius 3 is 2.72 bits per heavy atom. The van der Waals surface area contributed by atoms with Crippen molar-refractivity contribution in [2.75, 3.05) is 6.61 Å². The van der Waals surface area contributed by atoms with Crippen molar-refractivity contribution in [1.29, 1.82) is 0 Å². The van der Waals surface area contributed by atoms with Gasteiger partial charge >= 0.3 is 12.0 Å². The standard InChI is InChI=1S/C10H7ClF3NO2.ClH/c11-7-3-5(12)1-2-6(7)8-10(13,14)4-17-9(16)15-8;/h1-3,8H,4H2,(H,15,16);1H/t8-;/m1./s1. The molecule has 1 aliphatic rings. The topological polar surface area (TPSA) is 38.3 Å². The van der Waals surface area contributed by atoms with E-state index in [1.807, 2.05) is 5.32 Å². The lowest BCUT2D eigenvalue weighted by Crippen LogP contribution is -2.49. The van der Waals surface area contributed by atoms with E-state index in [0.717, 1.165) is 18.2 Å². The molecule has 2 rings (SSSR count). The fourth-order valence-electron chi connectivity index (χ4n) is 1.55. The fraction of sp³-hybridized carbons (Fsp3) is 0.300. The minimum absolute atomic E-state index is 0. The van der Waals surface area contributed by atoms with Gasteiger partial charge in [0, 0.05) is 5.02 Å². The number of nitrogens with one attached hydrogen (secondary N) is 1. The maximum Gasteiger partial charge on any atom is 0.408 e. The van der Waals surface area contributed by atoms with E-state index in [9.17, 15) is 18.0 Å². The van der Waals surface area contributed by atoms with Crippen LogP contribution in [0.3, 0.4) is 0 Å². The smallest absolute Gasteiger partial charge is 0.408 e. The van der Waals surface area contributed by atoms with Crippen LogP contribution in [-0.2, 0) is 4.74 Å². The Bertz CT molecular complexity index is 470. The van der Waals surface area contributed by atoms with Gasteiger partial charge in [-0.3, -0.25) is 0 Å². The summed E-state index contributed by atoms with van der Waals surface area (Å²) in [6.07, 6.45) is -0.957. The molecule has 18 heavy (non-hydrogen) atoms. The summed E-state index contributed by atoms with van der Waals surface area (Å²) in [4.78, 5) is 10.9. The zero-order valence-electron chi connectivity index (χ0n) is 8.75. The summed E-state index contributed by atoms with van der Waals surface area (Å²) in [5.74, 6) is -3.93. The SMILES string of the molecule is Cl.O=C1N[C@H](c2ccc(F)cc2Cl)C(F)(F)CO1. The first-order valence-electron chi connectivity index (χ1n) is 4.66. The fourth-order valence-corrected chi connectivity index (χ4v) is 1.83. The number of amides is 1. The van der Waals surface area contributed by atoms with E-state index in [-0.39, 0.29) is 23.0 Å². The van der Waals surface area contributed by atoms with Gasteiger partial charge in [-0.25, -0.2) is 18.0 Å². The van der Waals surface area contributed by atoms with Crippen molar-refractivity contribution in [3.05, 3.63) is 34.6 Å². The molecule has 0 aliphatic carbocycles. The van der Waals surface area contributed by atoms with Crippen LogP contribution in [-0.4, -0.2) is 18.6 Å². The summed E-state index contributed by atoms with van der Waals surface area (Å²) in [7, 11) is 0. The number of cyclic esters (lactones) is 1. The average molecular weight is 302 g/mol. The number of halogens is 5. The van der Waals surface area contributed by atoms with Crippen LogP contribution in [0.1, 0.15) is 11.6 Å². The Hall–Kier alpha value is -1.14. The van der Waals surface area contributed by atoms with E-state index < -0.39 is 30.5 Å². The highest BCUT2D eigenvalue weighted by Crippen LogP contribution is 2.37. The lowest BCUT2D eigenvalue weighted by Gasteiger charge is -2.32. The molecule has 1 aliphatic heterocycles. The molecule has 1 aromatic carbocycles. The first-order valence-corrected chi connectivity index (χ1v) is 5.04. The van der Waals surface area contributed by atoms with Crippen LogP contribution >= 0.6 is 24.0 Å². The van der Waals surface area contributed by atoms with Gasteiger partial charge in [-0.05, 0) is 17.7 Å². The van der Waals surface area contributed by atoms with Gasteiger partial charge in [-0.1, -0.05) is 17.7 Å². The first-order chi connectivity index (χ1) is 7.90. The van der Waals surface area contributed by atoms with E-state index in [2.05, 4.69) is 4.74 Å². The summed E-state index contributed by atoms with van der Waals surface area (Å²) in [6, 6.07) is 1.41. The number of ether oxygens (including phenoxy) is 1. The van der Waals surface area contributed by atoms with Crippen LogP contribution < -0.4 is 5.32 Å². The third kappa shape index (κ3) is 2.81. The molecule has 0 unspecified atom stereocenters. The van der Waals surface area contributed by atoms with Crippen molar-refractivity contribution in [2.24, 2.45) is 0 Å². The molecular formula is C10H8Cl2F3NO2. The van der Waals surface area contributed by atoms with E-state index >= 15 is 0 Å². The number of benzene rings is 1. The maximum atomic E-state index is 13.5. The molecule has 1 aromatic rings. The summed E-state index contributed by atoms with van der Waals surface area (Å²) in [6.45, 7) is -1.03. The number of alkyl halides is 2. The van der Waals surface area contributed by atoms with E-state index in [0.29, 0.717) is 0 Å². The van der Waals surface area contributed by atoms with Gasteiger partial charge in [-0.2, -0.15) is 0 Å². The highest BCUT2D eigenvalue weighted by Gasteiger charge is 2.47. The highest BCUT2D eigenvalue weighted by molar-refractivity contribution is 6.31. The van der Waals surface area contributed by atoms with Crippen LogP contribution in [0.15, 0.2) is 18.2 Å². The molecule has 0 radical (unpaired) electrons. The van der Waals surface area contributed by atoms with Crippen molar-refractivity contribution in [2.45, 2.75) is 12.0 Å². The lowest BCUT2D eigenvalue weighted by atomic mass is 10.00. The molecule has 0 bridgehead atoms. The zero-order valence-corrected chi connectivity index (χ0v) is 10.3. The van der Waals surface area contributed by atoms with Gasteiger partial charge < -0.3 is 10.1 Å². The molecule has 1 saturated heterocycles. The lowest BCUT2D eigenvalue weighted by molar-refractivity contribution is -0.104. The van der Waals surface area contributed by atoms with E-state index in [4.69, 9.17) is 11.6 Å². The Morgan fingerprint density at radius 2 is 2.11 bits per heavy atom. The molecule has 1 atom stereocenters. The van der Waals surface area contributed by atoms with Crippen molar-refractivity contribution in [1.82, 2.24) is 5.32 Å². The van der Waals surface area contributed by atoms with Crippen LogP contribution in [0, 0.1) is 5.82 Å². The molecule has 1 amide bonds. The second-order valence-corrected chi connectivity index (χ2v) is 3.99. The van der Waals surface area contributed by atoms with Gasteiger partial charge in [-0.15, -0.1) is 12.4 Å². The van der Waals surface area contributed by atoms with Crippen molar-refractivity contribution >= 4 is 30.1 Å². The summed E-state index contributed by atoms with van der Waals surface area (Å²) < 4.78 is 44.0. The molecule has 1 heterocycles. The van der Waals surface area contributed by atoms with Crippen molar-refractivity contribution < 1.29 is 22.7 Å². The van der Waals surface area contributed by atoms with Gasteiger partial charge in [0.2, 0.25) is 0 Å². The second-order valence-electron chi connectivity index (χ2n) is 3.58. The Balaban J connectivity index is 0.00000162. The molecule has 0 spiro atoms. The molecule has 100 valence electrons. The number of carbonyl (C=O) groups excluding carboxylic acids is 1. The van der Waals surface area contributed by atoms with Crippen molar-refractivity contribution in [3.8, 4) is 0 Å². The van der Waals surface area contributed by atoms with Gasteiger partial charge in [0.1, 0.15) is 11.9 Å². The molecule has 3 nitrogen and oxygen atoms in total. The second kappa shape index (κ2) is 5.24. The number of rotatable bonds is 1. The molecule has 8 heteroatoms. The normalized spacial score (nSPS) is 21.6. The van der Waals surface area contributed by atoms with Gasteiger partial charge in [0.05, 0.1) is 0 Å². The monoisotopic (exact) mass is 301 g/mol. The van der Waals surface area contributed by atoms with Gasteiger partial charge in [0.15, 0.2) is 6.61 Å². The third-order valence-corrected chi connectivity index (χ3v) is 2.68. The van der Waals surface area contributed by atoms with E-state index in [1.165, 1.54) is 0 Å². The van der Waals surface area contributed by atoms with E-state index in [1.54, 1.807) is 0 Å².